The maximum Gasteiger partial charge on any atom is 0.341 e. The molecule has 0 aliphatic rings. The van der Waals surface area contributed by atoms with Crippen LogP contribution in [0.5, 0.6) is 5.75 Å². The number of esters is 1. The highest BCUT2D eigenvalue weighted by molar-refractivity contribution is 7.90. The summed E-state index contributed by atoms with van der Waals surface area (Å²) in [5.41, 5.74) is 0.801. The fraction of sp³-hybridized carbons (Fsp3) is 0.533. The average Bonchev–Trinajstić information content (AvgIpc) is 2.44. The van der Waals surface area contributed by atoms with Gasteiger partial charge in [-0.3, -0.25) is 0 Å². The van der Waals surface area contributed by atoms with Gasteiger partial charge in [0.05, 0.1) is 14.2 Å². The van der Waals surface area contributed by atoms with Gasteiger partial charge in [-0.05, 0) is 24.5 Å². The molecule has 0 unspecified atom stereocenters. The fourth-order valence-electron chi connectivity index (χ4n) is 2.25. The highest BCUT2D eigenvalue weighted by atomic mass is 32.2. The molecule has 6 heteroatoms. The number of rotatable bonds is 7. The number of hydrogen-bond acceptors (Lipinski definition) is 5. The summed E-state index contributed by atoms with van der Waals surface area (Å²) in [6.45, 7) is 2.08. The van der Waals surface area contributed by atoms with Gasteiger partial charge in [-0.1, -0.05) is 25.8 Å². The Hall–Kier alpha value is -1.56. The smallest absolute Gasteiger partial charge is 0.341 e. The predicted octanol–water partition coefficient (Wildman–Crippen LogP) is 2.62. The number of sulfone groups is 1. The molecule has 1 aromatic carbocycles. The second-order valence-corrected chi connectivity index (χ2v) is 6.81. The molecule has 5 nitrogen and oxygen atoms in total. The summed E-state index contributed by atoms with van der Waals surface area (Å²) in [4.78, 5) is 11.8. The van der Waals surface area contributed by atoms with Crippen molar-refractivity contribution in [3.63, 3.8) is 0 Å². The van der Waals surface area contributed by atoms with E-state index in [1.807, 2.05) is 0 Å². The number of unbranched alkanes of at least 4 members (excludes halogenated alkanes) is 2. The van der Waals surface area contributed by atoms with Gasteiger partial charge in [0, 0.05) is 6.26 Å². The monoisotopic (exact) mass is 314 g/mol. The number of ether oxygens (including phenoxy) is 2. The van der Waals surface area contributed by atoms with E-state index in [4.69, 9.17) is 4.74 Å². The SMILES string of the molecule is CCCCCc1ccc(C(=O)OC)c(OC)c1S(C)(=O)=O. The lowest BCUT2D eigenvalue weighted by atomic mass is 10.0. The maximum absolute atomic E-state index is 12.1. The van der Waals surface area contributed by atoms with Crippen LogP contribution >= 0.6 is 0 Å². The van der Waals surface area contributed by atoms with Gasteiger partial charge in [-0.15, -0.1) is 0 Å². The molecule has 0 fully saturated rings. The Morgan fingerprint density at radius 1 is 1.19 bits per heavy atom. The molecular formula is C15H22O5S. The molecule has 1 aromatic rings. The van der Waals surface area contributed by atoms with Crippen molar-refractivity contribution in [1.82, 2.24) is 0 Å². The summed E-state index contributed by atoms with van der Waals surface area (Å²) in [5.74, 6) is -0.546. The molecule has 0 radical (unpaired) electrons. The minimum atomic E-state index is -3.51. The first kappa shape index (κ1) is 17.5. The molecule has 0 heterocycles. The average molecular weight is 314 g/mol. The quantitative estimate of drug-likeness (QED) is 0.571. The van der Waals surface area contributed by atoms with E-state index in [2.05, 4.69) is 11.7 Å². The number of carbonyl (C=O) groups excluding carboxylic acids is 1. The standard InChI is InChI=1S/C15H22O5S/c1-5-6-7-8-11-9-10-12(15(16)20-3)13(19-2)14(11)21(4,17)18/h9-10H,5-8H2,1-4H3. The van der Waals surface area contributed by atoms with Crippen LogP contribution in [0.25, 0.3) is 0 Å². The number of benzene rings is 1. The van der Waals surface area contributed by atoms with Crippen LogP contribution in [0.1, 0.15) is 42.1 Å². The minimum absolute atomic E-state index is 0.0679. The number of hydrogen-bond donors (Lipinski definition) is 0. The van der Waals surface area contributed by atoms with Crippen LogP contribution in [0.15, 0.2) is 17.0 Å². The van der Waals surface area contributed by atoms with Crippen LogP contribution in [0.2, 0.25) is 0 Å². The first-order valence-corrected chi connectivity index (χ1v) is 8.74. The summed E-state index contributed by atoms with van der Waals surface area (Å²) in [5, 5.41) is 0. The van der Waals surface area contributed by atoms with Crippen molar-refractivity contribution in [3.05, 3.63) is 23.3 Å². The third-order valence-electron chi connectivity index (χ3n) is 3.22. The van der Waals surface area contributed by atoms with Crippen molar-refractivity contribution in [2.75, 3.05) is 20.5 Å². The van der Waals surface area contributed by atoms with E-state index in [0.29, 0.717) is 12.0 Å². The van der Waals surface area contributed by atoms with E-state index >= 15 is 0 Å². The van der Waals surface area contributed by atoms with Gasteiger partial charge in [0.2, 0.25) is 0 Å². The maximum atomic E-state index is 12.1. The highest BCUT2D eigenvalue weighted by Crippen LogP contribution is 2.33. The van der Waals surface area contributed by atoms with E-state index < -0.39 is 15.8 Å². The van der Waals surface area contributed by atoms with E-state index in [0.717, 1.165) is 25.5 Å². The molecule has 0 N–H and O–H groups in total. The van der Waals surface area contributed by atoms with Crippen LogP contribution in [0, 0.1) is 0 Å². The number of carbonyl (C=O) groups is 1. The Morgan fingerprint density at radius 2 is 1.86 bits per heavy atom. The van der Waals surface area contributed by atoms with E-state index in [1.54, 1.807) is 12.1 Å². The van der Waals surface area contributed by atoms with Gasteiger partial charge < -0.3 is 9.47 Å². The first-order valence-electron chi connectivity index (χ1n) is 6.85. The predicted molar refractivity (Wildman–Crippen MR) is 80.7 cm³/mol. The van der Waals surface area contributed by atoms with Crippen molar-refractivity contribution in [2.45, 2.75) is 37.5 Å². The molecule has 0 atom stereocenters. The lowest BCUT2D eigenvalue weighted by Gasteiger charge is -2.15. The molecule has 0 aromatic heterocycles. The zero-order valence-corrected chi connectivity index (χ0v) is 13.7. The molecule has 0 aliphatic carbocycles. The Labute approximate surface area is 126 Å². The Balaban J connectivity index is 3.44. The topological polar surface area (TPSA) is 69.7 Å². The minimum Gasteiger partial charge on any atom is -0.494 e. The summed E-state index contributed by atoms with van der Waals surface area (Å²) in [7, 11) is -0.910. The molecule has 0 amide bonds. The summed E-state index contributed by atoms with van der Waals surface area (Å²) >= 11 is 0. The molecule has 0 saturated heterocycles. The highest BCUT2D eigenvalue weighted by Gasteiger charge is 2.25. The molecule has 1 rings (SSSR count). The third-order valence-corrected chi connectivity index (χ3v) is 4.41. The van der Waals surface area contributed by atoms with Gasteiger partial charge in [0.15, 0.2) is 15.6 Å². The first-order chi connectivity index (χ1) is 9.86. The van der Waals surface area contributed by atoms with E-state index in [9.17, 15) is 13.2 Å². The van der Waals surface area contributed by atoms with Crippen LogP contribution in [0.4, 0.5) is 0 Å². The number of aryl methyl sites for hydroxylation is 1. The van der Waals surface area contributed by atoms with Gasteiger partial charge in [-0.25, -0.2) is 13.2 Å². The molecule has 0 bridgehead atoms. The van der Waals surface area contributed by atoms with Crippen molar-refractivity contribution >= 4 is 15.8 Å². The Kier molecular flexibility index (Phi) is 6.20. The lowest BCUT2D eigenvalue weighted by Crippen LogP contribution is -2.11. The Bertz CT molecular complexity index is 605. The normalized spacial score (nSPS) is 11.2. The van der Waals surface area contributed by atoms with Crippen molar-refractivity contribution < 1.29 is 22.7 Å². The largest absolute Gasteiger partial charge is 0.494 e. The molecule has 118 valence electrons. The third kappa shape index (κ3) is 4.20. The van der Waals surface area contributed by atoms with Crippen molar-refractivity contribution in [2.24, 2.45) is 0 Å². The molecular weight excluding hydrogens is 292 g/mol. The van der Waals surface area contributed by atoms with Crippen LogP contribution in [0.3, 0.4) is 0 Å². The van der Waals surface area contributed by atoms with Crippen LogP contribution < -0.4 is 4.74 Å². The summed E-state index contributed by atoms with van der Waals surface area (Å²) in [6.07, 6.45) is 4.71. The summed E-state index contributed by atoms with van der Waals surface area (Å²) in [6, 6.07) is 3.22. The second-order valence-electron chi connectivity index (χ2n) is 4.86. The van der Waals surface area contributed by atoms with Gasteiger partial charge in [0.1, 0.15) is 10.5 Å². The zero-order chi connectivity index (χ0) is 16.0. The molecule has 21 heavy (non-hydrogen) atoms. The van der Waals surface area contributed by atoms with Gasteiger partial charge >= 0.3 is 5.97 Å². The van der Waals surface area contributed by atoms with Crippen molar-refractivity contribution in [1.29, 1.82) is 0 Å². The van der Waals surface area contributed by atoms with Gasteiger partial charge in [-0.2, -0.15) is 0 Å². The number of methoxy groups -OCH3 is 2. The van der Waals surface area contributed by atoms with E-state index in [-0.39, 0.29) is 16.2 Å². The second kappa shape index (κ2) is 7.45. The van der Waals surface area contributed by atoms with Gasteiger partial charge in [0.25, 0.3) is 0 Å². The lowest BCUT2D eigenvalue weighted by molar-refractivity contribution is 0.0596. The Morgan fingerprint density at radius 3 is 2.33 bits per heavy atom. The van der Waals surface area contributed by atoms with E-state index in [1.165, 1.54) is 14.2 Å². The molecule has 0 saturated carbocycles. The molecule has 0 aliphatic heterocycles. The van der Waals surface area contributed by atoms with Crippen LogP contribution in [-0.2, 0) is 21.0 Å². The zero-order valence-electron chi connectivity index (χ0n) is 12.9. The van der Waals surface area contributed by atoms with Crippen molar-refractivity contribution in [3.8, 4) is 5.75 Å². The van der Waals surface area contributed by atoms with Crippen LogP contribution in [-0.4, -0.2) is 34.9 Å². The fourth-order valence-corrected chi connectivity index (χ4v) is 3.42. The summed E-state index contributed by atoms with van der Waals surface area (Å²) < 4.78 is 34.1. The molecule has 0 spiro atoms.